The molecule has 0 bridgehead atoms. The average molecular weight is 387 g/mol. The fraction of sp³-hybridized carbons (Fsp3) is 0.111. The molecule has 2 N–H and O–H groups in total. The van der Waals surface area contributed by atoms with Gasteiger partial charge in [0.05, 0.1) is 12.6 Å². The largest absolute Gasteiger partial charge is 0.481 e. The Hall–Kier alpha value is -3.20. The van der Waals surface area contributed by atoms with E-state index in [9.17, 15) is 14.0 Å². The third-order valence-electron chi connectivity index (χ3n) is 3.44. The summed E-state index contributed by atoms with van der Waals surface area (Å²) >= 11 is 1.02. The highest BCUT2D eigenvalue weighted by Crippen LogP contribution is 2.25. The van der Waals surface area contributed by atoms with E-state index in [1.54, 1.807) is 24.3 Å². The normalized spacial score (nSPS) is 18.0. The van der Waals surface area contributed by atoms with Crippen molar-refractivity contribution in [2.24, 2.45) is 10.2 Å². The highest BCUT2D eigenvalue weighted by atomic mass is 32.2. The molecule has 1 heterocycles. The van der Waals surface area contributed by atoms with Gasteiger partial charge in [-0.25, -0.2) is 4.39 Å². The third-order valence-corrected chi connectivity index (χ3v) is 4.51. The number of halogens is 1. The predicted molar refractivity (Wildman–Crippen MR) is 99.7 cm³/mol. The van der Waals surface area contributed by atoms with Gasteiger partial charge in [0.1, 0.15) is 22.6 Å². The van der Waals surface area contributed by atoms with E-state index in [1.165, 1.54) is 30.5 Å². The van der Waals surface area contributed by atoms with E-state index in [0.29, 0.717) is 17.1 Å². The molecule has 1 saturated heterocycles. The summed E-state index contributed by atoms with van der Waals surface area (Å²) in [5.41, 5.74) is 0.627. The van der Waals surface area contributed by atoms with E-state index in [0.717, 1.165) is 11.8 Å². The van der Waals surface area contributed by atoms with Crippen molar-refractivity contribution >= 4 is 35.0 Å². The van der Waals surface area contributed by atoms with Gasteiger partial charge in [0.2, 0.25) is 5.91 Å². The summed E-state index contributed by atoms with van der Waals surface area (Å²) in [7, 11) is 0. The molecule has 7 nitrogen and oxygen atoms in total. The molecule has 2 aromatic carbocycles. The van der Waals surface area contributed by atoms with Gasteiger partial charge in [-0.3, -0.25) is 9.59 Å². The van der Waals surface area contributed by atoms with Crippen molar-refractivity contribution in [2.75, 3.05) is 0 Å². The second-order valence-electron chi connectivity index (χ2n) is 5.44. The number of carboxylic acid groups (broad SMARTS) is 1. The zero-order chi connectivity index (χ0) is 19.2. The van der Waals surface area contributed by atoms with Gasteiger partial charge in [0.25, 0.3) is 0 Å². The maximum Gasteiger partial charge on any atom is 0.305 e. The van der Waals surface area contributed by atoms with E-state index in [4.69, 9.17) is 9.84 Å². The standard InChI is InChI=1S/C18H14FN3O4S/c19-12-5-7-13(8-6-12)26-14-4-2-1-3-11(14)10-20-22-18-21-17(25)15(27-18)9-16(23)24/h1-8,10,15H,9H2,(H,23,24)(H,21,22,25). The molecule has 9 heteroatoms. The Bertz CT molecular complexity index is 915. The Kier molecular flexibility index (Phi) is 5.82. The van der Waals surface area contributed by atoms with E-state index < -0.39 is 17.1 Å². The summed E-state index contributed by atoms with van der Waals surface area (Å²) in [5, 5.41) is 18.6. The Labute approximate surface area is 158 Å². The SMILES string of the molecule is O=C(O)CC1SC(=NN=Cc2ccccc2Oc2ccc(F)cc2)NC1=O. The van der Waals surface area contributed by atoms with Gasteiger partial charge < -0.3 is 15.2 Å². The molecule has 1 fully saturated rings. The fourth-order valence-corrected chi connectivity index (χ4v) is 3.11. The number of carboxylic acids is 1. The molecule has 138 valence electrons. The van der Waals surface area contributed by atoms with Crippen molar-refractivity contribution in [3.8, 4) is 11.5 Å². The van der Waals surface area contributed by atoms with Crippen molar-refractivity contribution in [2.45, 2.75) is 11.7 Å². The molecule has 0 saturated carbocycles. The van der Waals surface area contributed by atoms with Crippen LogP contribution in [0.15, 0.2) is 58.7 Å². The zero-order valence-corrected chi connectivity index (χ0v) is 14.6. The molecule has 1 aliphatic rings. The first kappa shape index (κ1) is 18.6. The van der Waals surface area contributed by atoms with E-state index in [1.807, 2.05) is 0 Å². The van der Waals surface area contributed by atoms with Crippen LogP contribution in [0.2, 0.25) is 0 Å². The molecule has 0 aromatic heterocycles. The number of carbonyl (C=O) groups excluding carboxylic acids is 1. The van der Waals surface area contributed by atoms with Crippen LogP contribution in [0.3, 0.4) is 0 Å². The van der Waals surface area contributed by atoms with Gasteiger partial charge in [-0.15, -0.1) is 5.10 Å². The van der Waals surface area contributed by atoms with Crippen molar-refractivity contribution in [3.63, 3.8) is 0 Å². The smallest absolute Gasteiger partial charge is 0.305 e. The summed E-state index contributed by atoms with van der Waals surface area (Å²) in [5.74, 6) is -0.848. The van der Waals surface area contributed by atoms with Gasteiger partial charge in [-0.05, 0) is 36.4 Å². The minimum Gasteiger partial charge on any atom is -0.481 e. The summed E-state index contributed by atoms with van der Waals surface area (Å²) in [6, 6.07) is 12.7. The lowest BCUT2D eigenvalue weighted by molar-refractivity contribution is -0.138. The molecule has 1 unspecified atom stereocenters. The first-order chi connectivity index (χ1) is 13.0. The number of amidine groups is 1. The first-order valence-electron chi connectivity index (χ1n) is 7.84. The monoisotopic (exact) mass is 387 g/mol. The van der Waals surface area contributed by atoms with Gasteiger partial charge >= 0.3 is 5.97 Å². The highest BCUT2D eigenvalue weighted by molar-refractivity contribution is 8.15. The molecule has 3 rings (SSSR count). The van der Waals surface area contributed by atoms with Crippen molar-refractivity contribution in [1.82, 2.24) is 5.32 Å². The minimum absolute atomic E-state index is 0.236. The number of nitrogens with one attached hydrogen (secondary N) is 1. The fourth-order valence-electron chi connectivity index (χ4n) is 2.20. The van der Waals surface area contributed by atoms with Gasteiger partial charge in [-0.2, -0.15) is 5.10 Å². The lowest BCUT2D eigenvalue weighted by Crippen LogP contribution is -2.26. The van der Waals surface area contributed by atoms with E-state index >= 15 is 0 Å². The molecular weight excluding hydrogens is 373 g/mol. The number of rotatable bonds is 6. The number of hydrogen-bond donors (Lipinski definition) is 2. The molecule has 1 atom stereocenters. The maximum absolute atomic E-state index is 13.0. The molecule has 1 aliphatic heterocycles. The van der Waals surface area contributed by atoms with Crippen LogP contribution in [0, 0.1) is 5.82 Å². The number of ether oxygens (including phenoxy) is 1. The van der Waals surface area contributed by atoms with Crippen molar-refractivity contribution < 1.29 is 23.8 Å². The summed E-state index contributed by atoms with van der Waals surface area (Å²) in [4.78, 5) is 22.4. The molecule has 0 aliphatic carbocycles. The van der Waals surface area contributed by atoms with Crippen LogP contribution < -0.4 is 10.1 Å². The lowest BCUT2D eigenvalue weighted by Gasteiger charge is -2.07. The van der Waals surface area contributed by atoms with Crippen molar-refractivity contribution in [1.29, 1.82) is 0 Å². The Morgan fingerprint density at radius 2 is 2.00 bits per heavy atom. The number of thioether (sulfide) groups is 1. The van der Waals surface area contributed by atoms with Crippen LogP contribution in [-0.4, -0.2) is 33.6 Å². The topological polar surface area (TPSA) is 100 Å². The van der Waals surface area contributed by atoms with Gasteiger partial charge in [0.15, 0.2) is 5.17 Å². The Balaban J connectivity index is 1.70. The van der Waals surface area contributed by atoms with Crippen LogP contribution in [0.4, 0.5) is 4.39 Å². The highest BCUT2D eigenvalue weighted by Gasteiger charge is 2.32. The van der Waals surface area contributed by atoms with Crippen LogP contribution >= 0.6 is 11.8 Å². The number of para-hydroxylation sites is 1. The summed E-state index contributed by atoms with van der Waals surface area (Å²) in [6.07, 6.45) is 1.16. The van der Waals surface area contributed by atoms with E-state index in [-0.39, 0.29) is 17.4 Å². The second-order valence-corrected chi connectivity index (χ2v) is 6.63. The predicted octanol–water partition coefficient (Wildman–Crippen LogP) is 3.01. The minimum atomic E-state index is -1.06. The first-order valence-corrected chi connectivity index (χ1v) is 8.72. The van der Waals surface area contributed by atoms with Crippen LogP contribution in [0.1, 0.15) is 12.0 Å². The van der Waals surface area contributed by atoms with Crippen LogP contribution in [0.25, 0.3) is 0 Å². The van der Waals surface area contributed by atoms with Crippen molar-refractivity contribution in [3.05, 3.63) is 59.9 Å². The van der Waals surface area contributed by atoms with Gasteiger partial charge in [0, 0.05) is 5.56 Å². The molecule has 1 amide bonds. The lowest BCUT2D eigenvalue weighted by atomic mass is 10.2. The molecule has 0 spiro atoms. The average Bonchev–Trinajstić information content (AvgIpc) is 2.97. The van der Waals surface area contributed by atoms with Crippen LogP contribution in [0.5, 0.6) is 11.5 Å². The molecular formula is C18H14FN3O4S. The molecule has 2 aromatic rings. The third kappa shape index (κ3) is 5.14. The van der Waals surface area contributed by atoms with E-state index in [2.05, 4.69) is 15.5 Å². The molecule has 27 heavy (non-hydrogen) atoms. The zero-order valence-electron chi connectivity index (χ0n) is 13.8. The van der Waals surface area contributed by atoms with Gasteiger partial charge in [-0.1, -0.05) is 23.9 Å². The van der Waals surface area contributed by atoms with Crippen LogP contribution in [-0.2, 0) is 9.59 Å². The number of aliphatic carboxylic acids is 1. The Morgan fingerprint density at radius 3 is 2.74 bits per heavy atom. The number of amides is 1. The Morgan fingerprint density at radius 1 is 1.26 bits per heavy atom. The number of benzene rings is 2. The number of nitrogens with zero attached hydrogens (tertiary/aromatic N) is 2. The summed E-state index contributed by atoms with van der Waals surface area (Å²) in [6.45, 7) is 0. The second kappa shape index (κ2) is 8.45. The number of hydrogen-bond acceptors (Lipinski definition) is 6. The number of carbonyl (C=O) groups is 2. The molecule has 0 radical (unpaired) electrons. The summed E-state index contributed by atoms with van der Waals surface area (Å²) < 4.78 is 18.7. The maximum atomic E-state index is 13.0. The quantitative estimate of drug-likeness (QED) is 0.586.